The van der Waals surface area contributed by atoms with E-state index in [9.17, 15) is 10.2 Å². The monoisotopic (exact) mass is 357 g/mol. The van der Waals surface area contributed by atoms with Crippen LogP contribution in [0.15, 0.2) is 24.3 Å². The largest absolute Gasteiger partial charge is 0.504 e. The van der Waals surface area contributed by atoms with Crippen LogP contribution in [-0.2, 0) is 11.8 Å². The number of nitrogens with zero attached hydrogens (tertiary/aromatic N) is 1. The van der Waals surface area contributed by atoms with Crippen molar-refractivity contribution in [3.8, 4) is 11.5 Å². The Morgan fingerprint density at radius 3 is 2.96 bits per heavy atom. The number of aliphatic hydroxyl groups is 1. The van der Waals surface area contributed by atoms with E-state index in [-0.39, 0.29) is 22.0 Å². The molecule has 0 radical (unpaired) electrons. The van der Waals surface area contributed by atoms with Gasteiger partial charge in [-0.1, -0.05) is 18.2 Å². The van der Waals surface area contributed by atoms with Gasteiger partial charge in [-0.25, -0.2) is 0 Å². The molecule has 3 aliphatic carbocycles. The van der Waals surface area contributed by atoms with Crippen molar-refractivity contribution in [1.29, 1.82) is 0 Å². The molecule has 1 aromatic rings. The lowest BCUT2D eigenvalue weighted by Crippen LogP contribution is -2.73. The zero-order valence-corrected chi connectivity index (χ0v) is 15.0. The molecule has 5 atom stereocenters. The summed E-state index contributed by atoms with van der Waals surface area (Å²) >= 11 is 5.28. The van der Waals surface area contributed by atoms with Crippen molar-refractivity contribution in [3.63, 3.8) is 0 Å². The van der Waals surface area contributed by atoms with Crippen LogP contribution in [0.2, 0.25) is 0 Å². The molecule has 132 valence electrons. The van der Waals surface area contributed by atoms with Gasteiger partial charge in [0.05, 0.1) is 10.2 Å². The first-order valence-electron chi connectivity index (χ1n) is 9.40. The van der Waals surface area contributed by atoms with Gasteiger partial charge in [0.15, 0.2) is 11.5 Å². The molecule has 25 heavy (non-hydrogen) atoms. The minimum atomic E-state index is -0.659. The molecule has 2 bridgehead atoms. The first-order valence-corrected chi connectivity index (χ1v) is 9.85. The van der Waals surface area contributed by atoms with Gasteiger partial charge in [-0.2, -0.15) is 12.6 Å². The van der Waals surface area contributed by atoms with E-state index >= 15 is 0 Å². The molecule has 5 aliphatic rings. The third-order valence-corrected chi connectivity index (χ3v) is 8.16. The summed E-state index contributed by atoms with van der Waals surface area (Å²) in [6.45, 7) is 2.17. The van der Waals surface area contributed by atoms with Crippen molar-refractivity contribution < 1.29 is 14.9 Å². The highest BCUT2D eigenvalue weighted by atomic mass is 32.1. The molecule has 1 saturated heterocycles. The van der Waals surface area contributed by atoms with Crippen LogP contribution >= 0.6 is 12.6 Å². The summed E-state index contributed by atoms with van der Waals surface area (Å²) in [5, 5.41) is 21.1. The molecular weight excluding hydrogens is 334 g/mol. The first kappa shape index (κ1) is 14.9. The number of rotatable bonds is 2. The van der Waals surface area contributed by atoms with Crippen LogP contribution in [0, 0.1) is 5.92 Å². The quantitative estimate of drug-likeness (QED) is 0.560. The van der Waals surface area contributed by atoms with Gasteiger partial charge in [0.2, 0.25) is 0 Å². The molecule has 1 aromatic carbocycles. The van der Waals surface area contributed by atoms with Crippen LogP contribution in [0.25, 0.3) is 0 Å². The highest BCUT2D eigenvalue weighted by molar-refractivity contribution is 7.82. The van der Waals surface area contributed by atoms with Gasteiger partial charge >= 0.3 is 0 Å². The minimum absolute atomic E-state index is 0.185. The fourth-order valence-electron chi connectivity index (χ4n) is 6.02. The van der Waals surface area contributed by atoms with E-state index in [0.29, 0.717) is 11.8 Å². The van der Waals surface area contributed by atoms with E-state index in [1.165, 1.54) is 18.4 Å². The number of aliphatic hydroxyl groups excluding tert-OH is 1. The van der Waals surface area contributed by atoms with Crippen molar-refractivity contribution in [2.75, 3.05) is 13.1 Å². The number of phenolic OH excluding ortho intramolecular Hbond substituents is 1. The predicted octanol–water partition coefficient (Wildman–Crippen LogP) is 2.03. The summed E-state index contributed by atoms with van der Waals surface area (Å²) in [5.41, 5.74) is 2.02. The van der Waals surface area contributed by atoms with Crippen molar-refractivity contribution in [2.45, 2.75) is 54.1 Å². The van der Waals surface area contributed by atoms with Crippen LogP contribution in [-0.4, -0.2) is 51.2 Å². The Kier molecular flexibility index (Phi) is 2.73. The molecule has 5 heteroatoms. The topological polar surface area (TPSA) is 52.9 Å². The Morgan fingerprint density at radius 1 is 1.32 bits per heavy atom. The van der Waals surface area contributed by atoms with Gasteiger partial charge in [-0.15, -0.1) is 0 Å². The van der Waals surface area contributed by atoms with Crippen molar-refractivity contribution in [1.82, 2.24) is 4.90 Å². The molecule has 4 nitrogen and oxygen atoms in total. The summed E-state index contributed by atoms with van der Waals surface area (Å²) in [5.74, 6) is 1.61. The van der Waals surface area contributed by atoms with Crippen molar-refractivity contribution in [2.24, 2.45) is 5.92 Å². The number of likely N-dealkylation sites (tertiary alicyclic amines) is 1. The fraction of sp³-hybridized carbons (Fsp3) is 0.600. The van der Waals surface area contributed by atoms with Crippen LogP contribution in [0.5, 0.6) is 11.5 Å². The number of piperidine rings is 1. The van der Waals surface area contributed by atoms with Gasteiger partial charge in [0.1, 0.15) is 12.2 Å². The minimum Gasteiger partial charge on any atom is -0.504 e. The Balaban J connectivity index is 1.59. The Labute approximate surface area is 152 Å². The van der Waals surface area contributed by atoms with E-state index in [2.05, 4.69) is 11.0 Å². The van der Waals surface area contributed by atoms with Crippen LogP contribution in [0.1, 0.15) is 30.4 Å². The van der Waals surface area contributed by atoms with E-state index in [1.54, 1.807) is 6.07 Å². The predicted molar refractivity (Wildman–Crippen MR) is 97.5 cm³/mol. The van der Waals surface area contributed by atoms with E-state index < -0.39 is 6.10 Å². The zero-order chi connectivity index (χ0) is 17.0. The number of thiol groups is 1. The van der Waals surface area contributed by atoms with E-state index in [4.69, 9.17) is 17.4 Å². The maximum atomic E-state index is 10.7. The number of aromatic hydroxyl groups is 1. The molecule has 2 fully saturated rings. The third kappa shape index (κ3) is 1.64. The SMILES string of the molecule is Oc1ccc2c3c1O[C@H]1[C@@H](O)C=C[C@@]4(S)C(C2)N(CC2CC2)CCC314. The molecule has 0 amide bonds. The smallest absolute Gasteiger partial charge is 0.165 e. The lowest BCUT2D eigenvalue weighted by molar-refractivity contribution is -0.0390. The molecule has 2 heterocycles. The van der Waals surface area contributed by atoms with Crippen LogP contribution < -0.4 is 4.74 Å². The van der Waals surface area contributed by atoms with E-state index in [1.807, 2.05) is 12.1 Å². The number of ether oxygens (including phenoxy) is 1. The van der Waals surface area contributed by atoms with Gasteiger partial charge in [0, 0.05) is 18.2 Å². The van der Waals surface area contributed by atoms with Gasteiger partial charge in [-0.3, -0.25) is 4.90 Å². The number of phenols is 1. The van der Waals surface area contributed by atoms with Crippen LogP contribution in [0.3, 0.4) is 0 Å². The van der Waals surface area contributed by atoms with Crippen LogP contribution in [0.4, 0.5) is 0 Å². The molecule has 2 unspecified atom stereocenters. The second kappa shape index (κ2) is 4.56. The molecule has 2 N–H and O–H groups in total. The summed E-state index contributed by atoms with van der Waals surface area (Å²) in [6.07, 6.45) is 7.51. The molecule has 6 rings (SSSR count). The summed E-state index contributed by atoms with van der Waals surface area (Å²) in [4.78, 5) is 2.63. The normalized spacial score (nSPS) is 43.7. The first-order chi connectivity index (χ1) is 12.0. The maximum absolute atomic E-state index is 10.7. The van der Waals surface area contributed by atoms with Crippen molar-refractivity contribution >= 4 is 12.6 Å². The summed E-state index contributed by atoms with van der Waals surface area (Å²) < 4.78 is 5.83. The Bertz CT molecular complexity index is 806. The average molecular weight is 357 g/mol. The lowest BCUT2D eigenvalue weighted by atomic mass is 9.52. The number of hydrogen-bond acceptors (Lipinski definition) is 5. The standard InChI is InChI=1S/C20H23NO3S/c22-13-4-3-12-9-15-20(25)6-5-14(23)18-19(20,16(12)17(13)24-18)7-8-21(15)10-11-1-2-11/h3-6,11,14-15,18,22-23,25H,1-2,7-10H2/t14-,15?,18-,19?,20+/m0/s1. The van der Waals surface area contributed by atoms with Crippen molar-refractivity contribution in [3.05, 3.63) is 35.4 Å². The zero-order valence-electron chi connectivity index (χ0n) is 14.1. The maximum Gasteiger partial charge on any atom is 0.165 e. The lowest BCUT2D eigenvalue weighted by Gasteiger charge is -2.62. The second-order valence-corrected chi connectivity index (χ2v) is 9.28. The third-order valence-electron chi connectivity index (χ3n) is 7.32. The van der Waals surface area contributed by atoms with E-state index in [0.717, 1.165) is 37.4 Å². The highest BCUT2D eigenvalue weighted by Gasteiger charge is 2.70. The molecule has 0 aromatic heterocycles. The molecule has 1 saturated carbocycles. The summed E-state index contributed by atoms with van der Waals surface area (Å²) in [7, 11) is 0. The molecule has 1 spiro atoms. The summed E-state index contributed by atoms with van der Waals surface area (Å²) in [6, 6.07) is 4.10. The van der Waals surface area contributed by atoms with Gasteiger partial charge in [-0.05, 0) is 49.8 Å². The molecule has 2 aliphatic heterocycles. The van der Waals surface area contributed by atoms with Gasteiger partial charge in [0.25, 0.3) is 0 Å². The Hall–Kier alpha value is -1.17. The average Bonchev–Trinajstić information content (AvgIpc) is 3.32. The second-order valence-electron chi connectivity index (χ2n) is 8.54. The molecular formula is C20H23NO3S. The fourth-order valence-corrected chi connectivity index (χ4v) is 6.71. The number of benzene rings is 1. The van der Waals surface area contributed by atoms with Gasteiger partial charge < -0.3 is 14.9 Å². The Morgan fingerprint density at radius 2 is 2.16 bits per heavy atom. The number of hydrogen-bond donors (Lipinski definition) is 3. The highest BCUT2D eigenvalue weighted by Crippen LogP contribution is 2.66.